The maximum atomic E-state index is 4.59. The van der Waals surface area contributed by atoms with Crippen LogP contribution >= 0.6 is 0 Å². The van der Waals surface area contributed by atoms with E-state index in [9.17, 15) is 0 Å². The molecule has 0 heterocycles. The Morgan fingerprint density at radius 1 is 1.29 bits per heavy atom. The van der Waals surface area contributed by atoms with Crippen molar-refractivity contribution in [2.45, 2.75) is 40.0 Å². The third-order valence-corrected chi connectivity index (χ3v) is 3.30. The number of hydrogen-bond acceptors (Lipinski definition) is 2. The molecule has 0 radical (unpaired) electrons. The molecule has 0 aromatic heterocycles. The van der Waals surface area contributed by atoms with Gasteiger partial charge in [-0.05, 0) is 51.2 Å². The zero-order valence-electron chi connectivity index (χ0n) is 13.6. The van der Waals surface area contributed by atoms with Crippen LogP contribution in [0.3, 0.4) is 0 Å². The Balaban J connectivity index is 2.48. The number of anilines is 1. The minimum absolute atomic E-state index is 0.658. The quantitative estimate of drug-likeness (QED) is 0.335. The summed E-state index contributed by atoms with van der Waals surface area (Å²) in [6.07, 6.45) is 9.60. The molecule has 0 aliphatic rings. The van der Waals surface area contributed by atoms with Gasteiger partial charge in [0.1, 0.15) is 0 Å². The topological polar surface area (TPSA) is 15.6 Å². The van der Waals surface area contributed by atoms with Crippen LogP contribution in [0.1, 0.15) is 40.0 Å². The molecule has 1 rings (SSSR count). The van der Waals surface area contributed by atoms with E-state index in [2.05, 4.69) is 50.7 Å². The van der Waals surface area contributed by atoms with E-state index in [-0.39, 0.29) is 0 Å². The number of hydrogen-bond donors (Lipinski definition) is 0. The van der Waals surface area contributed by atoms with Crippen molar-refractivity contribution in [1.82, 2.24) is 0 Å². The molecule has 114 valence electrons. The van der Waals surface area contributed by atoms with Crippen LogP contribution in [0.2, 0.25) is 0 Å². The fourth-order valence-electron chi connectivity index (χ4n) is 2.04. The van der Waals surface area contributed by atoms with Crippen molar-refractivity contribution in [3.8, 4) is 0 Å². The first-order valence-corrected chi connectivity index (χ1v) is 7.72. The van der Waals surface area contributed by atoms with E-state index in [0.29, 0.717) is 5.92 Å². The van der Waals surface area contributed by atoms with Crippen molar-refractivity contribution in [2.75, 3.05) is 11.6 Å². The van der Waals surface area contributed by atoms with Gasteiger partial charge in [0.2, 0.25) is 0 Å². The molecule has 1 unspecified atom stereocenters. The first-order chi connectivity index (χ1) is 10.1. The molecule has 21 heavy (non-hydrogen) atoms. The standard InChI is InChI=1S/C19H28N2/c1-5-16-21(19-12-7-6-8-13-19)20-15-14-18(4)11-9-10-17(2)3/h5-8,10,12-13,15,18H,1,9,11,14,16H2,2-4H3/b20-15+. The zero-order valence-corrected chi connectivity index (χ0v) is 13.6. The molecule has 2 heteroatoms. The van der Waals surface area contributed by atoms with Crippen LogP contribution in [0, 0.1) is 5.92 Å². The summed E-state index contributed by atoms with van der Waals surface area (Å²) < 4.78 is 0. The van der Waals surface area contributed by atoms with Gasteiger partial charge in [0.25, 0.3) is 0 Å². The fraction of sp³-hybridized carbons (Fsp3) is 0.421. The Labute approximate surface area is 129 Å². The van der Waals surface area contributed by atoms with Crippen molar-refractivity contribution in [3.63, 3.8) is 0 Å². The van der Waals surface area contributed by atoms with Gasteiger partial charge < -0.3 is 0 Å². The summed E-state index contributed by atoms with van der Waals surface area (Å²) in [4.78, 5) is 0. The Morgan fingerprint density at radius 2 is 2.00 bits per heavy atom. The van der Waals surface area contributed by atoms with E-state index >= 15 is 0 Å². The molecule has 1 aromatic rings. The highest BCUT2D eigenvalue weighted by Crippen LogP contribution is 2.14. The molecule has 0 saturated heterocycles. The second-order valence-electron chi connectivity index (χ2n) is 5.70. The van der Waals surface area contributed by atoms with Gasteiger partial charge in [-0.25, -0.2) is 0 Å². The van der Waals surface area contributed by atoms with Gasteiger partial charge in [-0.1, -0.05) is 42.8 Å². The van der Waals surface area contributed by atoms with Gasteiger partial charge in [-0.3, -0.25) is 5.01 Å². The normalized spacial score (nSPS) is 12.1. The van der Waals surface area contributed by atoms with Crippen LogP contribution in [0.4, 0.5) is 5.69 Å². The largest absolute Gasteiger partial charge is 0.262 e. The molecule has 0 spiro atoms. The SMILES string of the molecule is C=CCN(/N=C/CC(C)CCC=C(C)C)c1ccccc1. The first kappa shape index (κ1) is 17.2. The lowest BCUT2D eigenvalue weighted by Gasteiger charge is -2.17. The van der Waals surface area contributed by atoms with Crippen LogP contribution in [0.25, 0.3) is 0 Å². The molecule has 0 N–H and O–H groups in total. The molecule has 1 atom stereocenters. The van der Waals surface area contributed by atoms with Crippen molar-refractivity contribution >= 4 is 11.9 Å². The van der Waals surface area contributed by atoms with Gasteiger partial charge in [-0.2, -0.15) is 5.10 Å². The predicted molar refractivity (Wildman–Crippen MR) is 94.9 cm³/mol. The number of nitrogens with zero attached hydrogens (tertiary/aromatic N) is 2. The molecule has 0 aliphatic heterocycles. The number of rotatable bonds is 9. The minimum Gasteiger partial charge on any atom is -0.262 e. The van der Waals surface area contributed by atoms with Gasteiger partial charge in [0.05, 0.1) is 12.2 Å². The average Bonchev–Trinajstić information content (AvgIpc) is 2.47. The molecular formula is C19H28N2. The molecule has 1 aromatic carbocycles. The van der Waals surface area contributed by atoms with E-state index < -0.39 is 0 Å². The monoisotopic (exact) mass is 284 g/mol. The number of para-hydroxylation sites is 1. The Morgan fingerprint density at radius 3 is 2.62 bits per heavy atom. The van der Waals surface area contributed by atoms with Crippen LogP contribution in [0.5, 0.6) is 0 Å². The number of allylic oxidation sites excluding steroid dienone is 2. The Kier molecular flexibility index (Phi) is 8.18. The summed E-state index contributed by atoms with van der Waals surface area (Å²) >= 11 is 0. The number of hydrazone groups is 1. The summed E-state index contributed by atoms with van der Waals surface area (Å²) in [5, 5.41) is 6.57. The van der Waals surface area contributed by atoms with Crippen molar-refractivity contribution < 1.29 is 0 Å². The summed E-state index contributed by atoms with van der Waals surface area (Å²) in [5.74, 6) is 0.658. The number of benzene rings is 1. The van der Waals surface area contributed by atoms with E-state index in [0.717, 1.165) is 25.1 Å². The second-order valence-corrected chi connectivity index (χ2v) is 5.70. The molecular weight excluding hydrogens is 256 g/mol. The maximum absolute atomic E-state index is 4.59. The average molecular weight is 284 g/mol. The van der Waals surface area contributed by atoms with Crippen LogP contribution < -0.4 is 5.01 Å². The fourth-order valence-corrected chi connectivity index (χ4v) is 2.04. The summed E-state index contributed by atoms with van der Waals surface area (Å²) in [5.41, 5.74) is 2.50. The first-order valence-electron chi connectivity index (χ1n) is 7.72. The van der Waals surface area contributed by atoms with E-state index in [1.165, 1.54) is 12.0 Å². The van der Waals surface area contributed by atoms with E-state index in [1.807, 2.05) is 35.5 Å². The van der Waals surface area contributed by atoms with Gasteiger partial charge in [-0.15, -0.1) is 6.58 Å². The highest BCUT2D eigenvalue weighted by molar-refractivity contribution is 5.60. The second kappa shape index (κ2) is 9.98. The molecule has 0 aliphatic carbocycles. The van der Waals surface area contributed by atoms with E-state index in [4.69, 9.17) is 0 Å². The molecule has 0 bridgehead atoms. The van der Waals surface area contributed by atoms with Crippen LogP contribution in [-0.4, -0.2) is 12.8 Å². The van der Waals surface area contributed by atoms with Crippen molar-refractivity contribution in [3.05, 3.63) is 54.6 Å². The van der Waals surface area contributed by atoms with Crippen molar-refractivity contribution in [2.24, 2.45) is 11.0 Å². The van der Waals surface area contributed by atoms with Crippen molar-refractivity contribution in [1.29, 1.82) is 0 Å². The summed E-state index contributed by atoms with van der Waals surface area (Å²) in [6, 6.07) is 10.2. The van der Waals surface area contributed by atoms with Crippen LogP contribution in [0.15, 0.2) is 59.7 Å². The smallest absolute Gasteiger partial charge is 0.0597 e. The van der Waals surface area contributed by atoms with Crippen LogP contribution in [-0.2, 0) is 0 Å². The zero-order chi connectivity index (χ0) is 15.5. The highest BCUT2D eigenvalue weighted by atomic mass is 15.4. The third kappa shape index (κ3) is 7.50. The summed E-state index contributed by atoms with van der Waals surface area (Å²) in [7, 11) is 0. The third-order valence-electron chi connectivity index (χ3n) is 3.30. The Bertz CT molecular complexity index is 456. The lowest BCUT2D eigenvalue weighted by Crippen LogP contribution is -2.16. The van der Waals surface area contributed by atoms with Gasteiger partial charge in [0.15, 0.2) is 0 Å². The molecule has 0 saturated carbocycles. The maximum Gasteiger partial charge on any atom is 0.0597 e. The van der Waals surface area contributed by atoms with E-state index in [1.54, 1.807) is 0 Å². The Hall–Kier alpha value is -1.83. The molecule has 0 amide bonds. The minimum atomic E-state index is 0.658. The predicted octanol–water partition coefficient (Wildman–Crippen LogP) is 5.44. The van der Waals surface area contributed by atoms with Gasteiger partial charge in [0, 0.05) is 6.21 Å². The molecule has 0 fully saturated rings. The lowest BCUT2D eigenvalue weighted by atomic mass is 10.0. The lowest BCUT2D eigenvalue weighted by molar-refractivity contribution is 0.562. The highest BCUT2D eigenvalue weighted by Gasteiger charge is 2.02. The summed E-state index contributed by atoms with van der Waals surface area (Å²) in [6.45, 7) is 11.1. The van der Waals surface area contributed by atoms with Gasteiger partial charge >= 0.3 is 0 Å². The molecule has 2 nitrogen and oxygen atoms in total.